The van der Waals surface area contributed by atoms with E-state index in [1.54, 1.807) is 6.07 Å². The Balaban J connectivity index is 2.56. The highest BCUT2D eigenvalue weighted by atomic mass is 35.5. The van der Waals surface area contributed by atoms with E-state index in [1.165, 1.54) is 19.2 Å². The Bertz CT molecular complexity index is 1360. The van der Waals surface area contributed by atoms with Crippen LogP contribution in [0.3, 0.4) is 0 Å². The van der Waals surface area contributed by atoms with Crippen LogP contribution >= 0.6 is 23.2 Å². The van der Waals surface area contributed by atoms with Crippen molar-refractivity contribution >= 4 is 44.5 Å². The second-order valence-corrected chi connectivity index (χ2v) is 9.81. The van der Waals surface area contributed by atoms with Gasteiger partial charge in [0.1, 0.15) is 5.82 Å². The molecule has 0 fully saturated rings. The molecule has 0 radical (unpaired) electrons. The van der Waals surface area contributed by atoms with Crippen LogP contribution in [0.25, 0.3) is 5.57 Å². The zero-order valence-electron chi connectivity index (χ0n) is 17.8. The Kier molecular flexibility index (Phi) is 8.23. The maximum Gasteiger partial charge on any atom is 0.296 e. The van der Waals surface area contributed by atoms with Gasteiger partial charge in [0.05, 0.1) is 20.8 Å². The van der Waals surface area contributed by atoms with Gasteiger partial charge in [-0.1, -0.05) is 35.8 Å². The molecule has 0 saturated heterocycles. The first-order chi connectivity index (χ1) is 15.2. The van der Waals surface area contributed by atoms with Crippen molar-refractivity contribution in [2.24, 2.45) is 7.05 Å². The molecule has 12 heteroatoms. The molecule has 2 aromatic rings. The maximum absolute atomic E-state index is 13.3. The van der Waals surface area contributed by atoms with Gasteiger partial charge in [0.25, 0.3) is 11.5 Å². The van der Waals surface area contributed by atoms with Crippen LogP contribution in [0.15, 0.2) is 52.5 Å². The number of aromatic hydroxyl groups is 1. The molecule has 1 aromatic carbocycles. The molecule has 0 unspecified atom stereocenters. The number of benzene rings is 1. The van der Waals surface area contributed by atoms with E-state index in [9.17, 15) is 27.5 Å². The number of allylic oxidation sites excluding steroid dienone is 4. The highest BCUT2D eigenvalue weighted by Gasteiger charge is 2.25. The van der Waals surface area contributed by atoms with Crippen LogP contribution < -0.4 is 10.9 Å². The van der Waals surface area contributed by atoms with E-state index in [1.807, 2.05) is 0 Å². The fraction of sp³-hybridized carbons (Fsp3) is 0.190. The molecule has 2 N–H and O–H groups in total. The molecule has 1 amide bonds. The lowest BCUT2D eigenvalue weighted by Crippen LogP contribution is -2.30. The Labute approximate surface area is 199 Å². The Morgan fingerprint density at radius 2 is 1.94 bits per heavy atom. The van der Waals surface area contributed by atoms with Gasteiger partial charge >= 0.3 is 0 Å². The Morgan fingerprint density at radius 1 is 1.30 bits per heavy atom. The minimum Gasteiger partial charge on any atom is -0.501 e. The number of hydrogen-bond donors (Lipinski definition) is 2. The first kappa shape index (κ1) is 26.3. The summed E-state index contributed by atoms with van der Waals surface area (Å²) in [7, 11) is -2.68. The van der Waals surface area contributed by atoms with E-state index in [4.69, 9.17) is 23.2 Å². The summed E-state index contributed by atoms with van der Waals surface area (Å²) >= 11 is 11.8. The molecule has 8 nitrogen and oxygen atoms in total. The molecule has 1 heterocycles. The van der Waals surface area contributed by atoms with Gasteiger partial charge in [-0.3, -0.25) is 14.2 Å². The lowest BCUT2D eigenvalue weighted by Gasteiger charge is -2.15. The highest BCUT2D eigenvalue weighted by Crippen LogP contribution is 2.26. The van der Waals surface area contributed by atoms with Crippen LogP contribution in [0.2, 0.25) is 10.0 Å². The topological polar surface area (TPSA) is 118 Å². The summed E-state index contributed by atoms with van der Waals surface area (Å²) in [6, 6.07) is 4.67. The molecule has 2 rings (SSSR count). The highest BCUT2D eigenvalue weighted by molar-refractivity contribution is 7.95. The minimum atomic E-state index is -3.88. The largest absolute Gasteiger partial charge is 0.501 e. The maximum atomic E-state index is 13.3. The monoisotopic (exact) mass is 515 g/mol. The minimum absolute atomic E-state index is 0.0378. The second kappa shape index (κ2) is 10.3. The molecule has 0 spiro atoms. The summed E-state index contributed by atoms with van der Waals surface area (Å²) in [5, 5.41) is 13.3. The molecule has 0 saturated carbocycles. The summed E-state index contributed by atoms with van der Waals surface area (Å²) in [6.45, 7) is 4.58. The molecule has 0 bridgehead atoms. The van der Waals surface area contributed by atoms with Crippen LogP contribution in [-0.2, 0) is 23.4 Å². The van der Waals surface area contributed by atoms with Crippen LogP contribution in [0.1, 0.15) is 28.8 Å². The fourth-order valence-electron chi connectivity index (χ4n) is 2.60. The van der Waals surface area contributed by atoms with E-state index < -0.39 is 43.5 Å². The first-order valence-corrected chi connectivity index (χ1v) is 11.8. The Hall–Kier alpha value is -2.95. The summed E-state index contributed by atoms with van der Waals surface area (Å²) in [5.74, 6) is -2.84. The molecule has 0 atom stereocenters. The van der Waals surface area contributed by atoms with Gasteiger partial charge in [-0.2, -0.15) is 0 Å². The van der Waals surface area contributed by atoms with Gasteiger partial charge < -0.3 is 10.4 Å². The molecular weight excluding hydrogens is 496 g/mol. The van der Waals surface area contributed by atoms with Crippen molar-refractivity contribution in [1.29, 1.82) is 0 Å². The molecule has 33 heavy (non-hydrogen) atoms. The number of rotatable bonds is 7. The number of carbonyl (C=O) groups excluding carboxylic acids is 1. The zero-order chi connectivity index (χ0) is 25.1. The quantitative estimate of drug-likeness (QED) is 0.544. The van der Waals surface area contributed by atoms with Gasteiger partial charge in [-0.05, 0) is 36.8 Å². The fourth-order valence-corrected chi connectivity index (χ4v) is 3.47. The lowest BCUT2D eigenvalue weighted by molar-refractivity contribution is 0.0942. The summed E-state index contributed by atoms with van der Waals surface area (Å²) in [4.78, 5) is 28.8. The first-order valence-electron chi connectivity index (χ1n) is 9.20. The van der Waals surface area contributed by atoms with E-state index in [0.717, 1.165) is 29.9 Å². The molecule has 1 aromatic heterocycles. The number of hydrogen-bond acceptors (Lipinski definition) is 6. The predicted molar refractivity (Wildman–Crippen MR) is 126 cm³/mol. The SMILES string of the molecule is C=C(/C(=C\C=C(/C)F)c1nc(C(=O)NCc2ccc(Cl)c(Cl)c2)c(O)c(=O)n1C)S(C)(=O)=O. The van der Waals surface area contributed by atoms with Crippen molar-refractivity contribution in [2.45, 2.75) is 13.5 Å². The second-order valence-electron chi connectivity index (χ2n) is 6.96. The summed E-state index contributed by atoms with van der Waals surface area (Å²) in [6.07, 6.45) is 2.89. The summed E-state index contributed by atoms with van der Waals surface area (Å²) < 4.78 is 38.3. The summed E-state index contributed by atoms with van der Waals surface area (Å²) in [5.41, 5.74) is -1.32. The third-order valence-electron chi connectivity index (χ3n) is 4.39. The number of halogens is 3. The molecule has 0 aliphatic rings. The number of nitrogens with zero attached hydrogens (tertiary/aromatic N) is 2. The third kappa shape index (κ3) is 6.31. The average Bonchev–Trinajstić information content (AvgIpc) is 2.73. The number of aromatic nitrogens is 2. The predicted octanol–water partition coefficient (Wildman–Crippen LogP) is 3.54. The molecule has 0 aliphatic carbocycles. The van der Waals surface area contributed by atoms with Crippen molar-refractivity contribution < 1.29 is 22.7 Å². The van der Waals surface area contributed by atoms with Crippen LogP contribution in [0.5, 0.6) is 5.75 Å². The standard InChI is InChI=1S/C21H20Cl2FN3O5S/c1-11(24)5-7-14(12(2)33(4,31)32)19-26-17(18(28)21(30)27(19)3)20(29)25-10-13-6-8-15(22)16(23)9-13/h5-9,28H,2,10H2,1,3-4H3,(H,25,29)/b11-5+,14-7+. The van der Waals surface area contributed by atoms with Crippen molar-refractivity contribution in [3.63, 3.8) is 0 Å². The van der Waals surface area contributed by atoms with E-state index in [2.05, 4.69) is 16.9 Å². The average molecular weight is 516 g/mol. The molecular formula is C21H20Cl2FN3O5S. The van der Waals surface area contributed by atoms with Crippen molar-refractivity contribution in [3.05, 3.63) is 85.1 Å². The van der Waals surface area contributed by atoms with Gasteiger partial charge in [0, 0.05) is 25.4 Å². The van der Waals surface area contributed by atoms with Crippen molar-refractivity contribution in [1.82, 2.24) is 14.9 Å². The van der Waals surface area contributed by atoms with E-state index >= 15 is 0 Å². The van der Waals surface area contributed by atoms with Crippen LogP contribution in [0, 0.1) is 0 Å². The van der Waals surface area contributed by atoms with Gasteiger partial charge in [0.2, 0.25) is 5.75 Å². The lowest BCUT2D eigenvalue weighted by atomic mass is 10.2. The van der Waals surface area contributed by atoms with Crippen LogP contribution in [0.4, 0.5) is 4.39 Å². The van der Waals surface area contributed by atoms with Gasteiger partial charge in [-0.25, -0.2) is 17.8 Å². The van der Waals surface area contributed by atoms with E-state index in [0.29, 0.717) is 10.6 Å². The van der Waals surface area contributed by atoms with Crippen molar-refractivity contribution in [3.8, 4) is 5.75 Å². The number of nitrogens with one attached hydrogen (secondary N) is 1. The van der Waals surface area contributed by atoms with Gasteiger partial charge in [0.15, 0.2) is 15.5 Å². The number of sulfone groups is 1. The number of carbonyl (C=O) groups is 1. The van der Waals surface area contributed by atoms with Gasteiger partial charge in [-0.15, -0.1) is 0 Å². The molecule has 0 aliphatic heterocycles. The third-order valence-corrected chi connectivity index (χ3v) is 6.24. The van der Waals surface area contributed by atoms with E-state index in [-0.39, 0.29) is 23.0 Å². The van der Waals surface area contributed by atoms with Crippen LogP contribution in [-0.4, -0.2) is 35.2 Å². The number of amides is 1. The zero-order valence-corrected chi connectivity index (χ0v) is 20.1. The van der Waals surface area contributed by atoms with Crippen molar-refractivity contribution in [2.75, 3.05) is 6.26 Å². The Morgan fingerprint density at radius 3 is 2.48 bits per heavy atom. The smallest absolute Gasteiger partial charge is 0.296 e. The molecule has 176 valence electrons. The normalized spacial score (nSPS) is 12.5.